The molecular formula is C39H70N2O45P4. The van der Waals surface area contributed by atoms with E-state index in [4.69, 9.17) is 72.6 Å². The van der Waals surface area contributed by atoms with Gasteiger partial charge in [0.15, 0.2) is 37.6 Å². The molecule has 0 aliphatic carbocycles. The van der Waals surface area contributed by atoms with Crippen molar-refractivity contribution in [2.24, 2.45) is 11.5 Å². The summed E-state index contributed by atoms with van der Waals surface area (Å²) in [6.07, 6.45) is -72.4. The van der Waals surface area contributed by atoms with Crippen molar-refractivity contribution in [2.75, 3.05) is 33.0 Å². The molecule has 0 amide bonds. The van der Waals surface area contributed by atoms with Gasteiger partial charge in [0.1, 0.15) is 134 Å². The average molecular weight is 1410 g/mol. The first-order chi connectivity index (χ1) is 41.5. The van der Waals surface area contributed by atoms with Crippen molar-refractivity contribution in [1.29, 1.82) is 0 Å². The smallest absolute Gasteiger partial charge is 0.470 e. The summed E-state index contributed by atoms with van der Waals surface area (Å²) in [6, 6.07) is -3.50. The molecule has 6 rings (SSSR count). The highest BCUT2D eigenvalue weighted by Crippen LogP contribution is 2.50. The molecule has 47 nitrogen and oxygen atoms in total. The summed E-state index contributed by atoms with van der Waals surface area (Å²) in [5.41, 5.74) is 11.6. The Bertz CT molecular complexity index is 2560. The quantitative estimate of drug-likeness (QED) is 0.0340. The number of carboxylic acid groups (broad SMARTS) is 2. The molecule has 0 radical (unpaired) electrons. The van der Waals surface area contributed by atoms with Gasteiger partial charge < -0.3 is 184 Å². The van der Waals surface area contributed by atoms with Crippen LogP contribution in [0.15, 0.2) is 0 Å². The number of nitrogens with two attached hydrogens (primary N) is 2. The maximum Gasteiger partial charge on any atom is 0.470 e. The zero-order chi connectivity index (χ0) is 67.8. The Morgan fingerprint density at radius 2 is 1.00 bits per heavy atom. The summed E-state index contributed by atoms with van der Waals surface area (Å²) in [6.45, 7) is -6.89. The molecule has 0 bridgehead atoms. The summed E-state index contributed by atoms with van der Waals surface area (Å²) < 4.78 is 130. The van der Waals surface area contributed by atoms with E-state index in [0.29, 0.717) is 0 Å². The van der Waals surface area contributed by atoms with E-state index in [1.165, 1.54) is 0 Å². The maximum atomic E-state index is 13.5. The molecule has 0 spiro atoms. The van der Waals surface area contributed by atoms with E-state index in [-0.39, 0.29) is 0 Å². The normalized spacial score (nSPS) is 44.2. The summed E-state index contributed by atoms with van der Waals surface area (Å²) in [4.78, 5) is 106. The van der Waals surface area contributed by atoms with E-state index >= 15 is 0 Å². The Morgan fingerprint density at radius 3 is 1.54 bits per heavy atom. The van der Waals surface area contributed by atoms with Crippen LogP contribution >= 0.6 is 31.3 Å². The van der Waals surface area contributed by atoms with Gasteiger partial charge in [-0.25, -0.2) is 27.8 Å². The van der Waals surface area contributed by atoms with Crippen LogP contribution in [0.3, 0.4) is 0 Å². The third-order valence-electron chi connectivity index (χ3n) is 14.4. The molecule has 90 heavy (non-hydrogen) atoms. The standard InChI is InChI=1S/C39H70N2O45P4/c40-13-17(49)16(48)11(74-33(13)57)5-72-34-14(41)18(50)25(84-88(63,64)65)12(76-34)6-73-39(38(58)59)1-9(83-87(60,61)62)26(24(82-39)8(46)3-43)78-37-31(81-36-22(54)27(85-89(66,67)68)21(53)28(79-36)32(55)56)30(86-90(69,70)71)29(23(77-37)7(45)2-42)80-35-20(52)19(51)15(47)10(4-44)75-35/h7-31,33-37,42-54,57H,1-6,40-41H2,(H,55,56)(H,58,59)(H2,60,61,62)(H2,63,64,65)(H2,66,67,68)(H2,69,70,71)/t7-,8+,9+,10+,11+,12+,13+,14+,15+,16+,17+,18+,19-,20+,21-,22+,23+,24+,25+,26+,27-,28-,29+,30-,31-,33-,34+,35-,36+,37+,39+/m0/s1. The summed E-state index contributed by atoms with van der Waals surface area (Å²) in [7, 11) is -24.3. The Hall–Kier alpha value is -1.70. The fourth-order valence-corrected chi connectivity index (χ4v) is 12.3. The molecule has 0 aromatic rings. The minimum Gasteiger partial charge on any atom is -0.479 e. The molecule has 6 aliphatic rings. The van der Waals surface area contributed by atoms with Crippen LogP contribution in [-0.4, -0.2) is 356 Å². The minimum atomic E-state index is -6.32. The molecule has 6 saturated heterocycles. The van der Waals surface area contributed by atoms with Crippen molar-refractivity contribution < 1.29 is 219 Å². The van der Waals surface area contributed by atoms with Crippen LogP contribution in [0, 0.1) is 0 Å². The molecule has 0 unspecified atom stereocenters. The molecule has 28 N–H and O–H groups in total. The van der Waals surface area contributed by atoms with E-state index in [2.05, 4.69) is 9.05 Å². The molecule has 0 aromatic carbocycles. The lowest BCUT2D eigenvalue weighted by Gasteiger charge is -2.52. The third kappa shape index (κ3) is 18.7. The number of carboxylic acids is 2. The third-order valence-corrected chi connectivity index (χ3v) is 16.5. The highest BCUT2D eigenvalue weighted by molar-refractivity contribution is 7.47. The van der Waals surface area contributed by atoms with Crippen LogP contribution in [0.5, 0.6) is 0 Å². The lowest BCUT2D eigenvalue weighted by atomic mass is 9.91. The Labute approximate surface area is 502 Å². The zero-order valence-electron chi connectivity index (χ0n) is 45.3. The lowest BCUT2D eigenvalue weighted by molar-refractivity contribution is -0.404. The predicted octanol–water partition coefficient (Wildman–Crippen LogP) is -14.4. The highest BCUT2D eigenvalue weighted by atomic mass is 31.2. The number of rotatable bonds is 27. The van der Waals surface area contributed by atoms with E-state index in [1.807, 2.05) is 0 Å². The second kappa shape index (κ2) is 30.8. The second-order valence-corrected chi connectivity index (χ2v) is 25.5. The monoisotopic (exact) mass is 1410 g/mol. The molecule has 0 saturated carbocycles. The Morgan fingerprint density at radius 1 is 0.489 bits per heavy atom. The SMILES string of the molecule is N[C@@H]1[C@@H](O)[C@H](O)[C@@H](CO[C@@H]2O[C@H](CO[C@]3(C(=O)O)C[C@@H](OP(=O)(O)O)[C@@H](O[C@H]4O[C@H]([C@@H](O)CO)[C@@H](O[C@@H]5O[C@H](CO)[C@@H](O)[C@H](O)[C@H]5O)[C@H](OP(=O)(O)O)[C@@H]4O[C@H]4O[C@H](C(=O)O)[C@@H](O)[C@H](OP(=O)(O)O)[C@H]4O)[C@@H]([C@H](O)CO)O3)[C@@H](OP(=O)(O)O)[C@H](O)[C@H]2N)O[C@@H]1O. The number of aliphatic carboxylic acids is 2. The molecule has 31 atom stereocenters. The minimum absolute atomic E-state index is 0.920. The van der Waals surface area contributed by atoms with Crippen LogP contribution < -0.4 is 11.5 Å². The fourth-order valence-electron chi connectivity index (χ4n) is 10.1. The van der Waals surface area contributed by atoms with Gasteiger partial charge in [-0.05, 0) is 0 Å². The van der Waals surface area contributed by atoms with Gasteiger partial charge in [0.05, 0.1) is 45.1 Å². The molecule has 6 fully saturated rings. The predicted molar refractivity (Wildman–Crippen MR) is 264 cm³/mol. The Kier molecular flexibility index (Phi) is 26.5. The van der Waals surface area contributed by atoms with E-state index < -0.39 is 272 Å². The van der Waals surface area contributed by atoms with Gasteiger partial charge in [-0.2, -0.15) is 0 Å². The van der Waals surface area contributed by atoms with Gasteiger partial charge in [-0.3, -0.25) is 18.1 Å². The molecule has 0 aromatic heterocycles. The first kappa shape index (κ1) is 77.3. The molecule has 6 aliphatic heterocycles. The highest BCUT2D eigenvalue weighted by Gasteiger charge is 2.63. The van der Waals surface area contributed by atoms with E-state index in [1.54, 1.807) is 0 Å². The van der Waals surface area contributed by atoms with Crippen molar-refractivity contribution in [3.63, 3.8) is 0 Å². The average Bonchev–Trinajstić information content (AvgIpc) is 0.962. The lowest BCUT2D eigenvalue weighted by Crippen LogP contribution is -2.70. The van der Waals surface area contributed by atoms with Crippen LogP contribution in [0.25, 0.3) is 0 Å². The fraction of sp³-hybridized carbons (Fsp3) is 0.949. The molecular weight excluding hydrogens is 1340 g/mol. The van der Waals surface area contributed by atoms with Gasteiger partial charge in [0.2, 0.25) is 0 Å². The van der Waals surface area contributed by atoms with Crippen molar-refractivity contribution in [2.45, 2.75) is 196 Å². The number of phosphoric ester groups is 4. The van der Waals surface area contributed by atoms with Crippen LogP contribution in [0.1, 0.15) is 6.42 Å². The van der Waals surface area contributed by atoms with Gasteiger partial charge in [0, 0.05) is 6.42 Å². The van der Waals surface area contributed by atoms with Crippen molar-refractivity contribution in [3.8, 4) is 0 Å². The van der Waals surface area contributed by atoms with Crippen LogP contribution in [0.2, 0.25) is 0 Å². The van der Waals surface area contributed by atoms with Crippen molar-refractivity contribution in [1.82, 2.24) is 0 Å². The van der Waals surface area contributed by atoms with Gasteiger partial charge in [-0.15, -0.1) is 0 Å². The first-order valence-electron chi connectivity index (χ1n) is 25.9. The first-order valence-corrected chi connectivity index (χ1v) is 32.0. The zero-order valence-corrected chi connectivity index (χ0v) is 48.9. The second-order valence-electron chi connectivity index (χ2n) is 20.8. The van der Waals surface area contributed by atoms with Gasteiger partial charge in [-0.1, -0.05) is 0 Å². The number of phosphoric acid groups is 4. The molecule has 526 valence electrons. The Balaban J connectivity index is 1.46. The number of aliphatic hydroxyl groups is 14. The number of aliphatic hydroxyl groups excluding tert-OH is 14. The van der Waals surface area contributed by atoms with Crippen molar-refractivity contribution >= 4 is 43.2 Å². The summed E-state index contributed by atoms with van der Waals surface area (Å²) in [5.74, 6) is -8.36. The number of carbonyl (C=O) groups is 2. The van der Waals surface area contributed by atoms with Crippen molar-refractivity contribution in [3.05, 3.63) is 0 Å². The summed E-state index contributed by atoms with van der Waals surface area (Å²) in [5, 5.41) is 171. The number of ether oxygens (including phenoxy) is 11. The molecule has 51 heteroatoms. The largest absolute Gasteiger partial charge is 0.479 e. The van der Waals surface area contributed by atoms with Gasteiger partial charge in [0.25, 0.3) is 5.79 Å². The summed E-state index contributed by atoms with van der Waals surface area (Å²) >= 11 is 0. The topological polar surface area (TPSA) is 778 Å². The number of hydrogen-bond donors (Lipinski definition) is 26. The van der Waals surface area contributed by atoms with Gasteiger partial charge >= 0.3 is 43.2 Å². The van der Waals surface area contributed by atoms with E-state index in [0.717, 1.165) is 0 Å². The maximum absolute atomic E-state index is 13.5. The number of hydrogen-bond acceptors (Lipinski definition) is 37. The van der Waals surface area contributed by atoms with Crippen LogP contribution in [-0.2, 0) is 98.0 Å². The molecule has 6 heterocycles. The van der Waals surface area contributed by atoms with E-state index in [9.17, 15) is 149 Å². The van der Waals surface area contributed by atoms with Crippen LogP contribution in [0.4, 0.5) is 0 Å².